The molecular formula is C13H20OSi. The Labute approximate surface area is 93.5 Å². The summed E-state index contributed by atoms with van der Waals surface area (Å²) in [6, 6.07) is 7.50. The molecule has 0 amide bonds. The first-order valence-electron chi connectivity index (χ1n) is 5.43. The van der Waals surface area contributed by atoms with Crippen LogP contribution in [0, 0.1) is 0 Å². The molecule has 1 rings (SSSR count). The van der Waals surface area contributed by atoms with Gasteiger partial charge in [0.05, 0.1) is 8.07 Å². The van der Waals surface area contributed by atoms with E-state index in [0.29, 0.717) is 5.75 Å². The van der Waals surface area contributed by atoms with E-state index in [2.05, 4.69) is 37.5 Å². The smallest absolute Gasteiger partial charge is 0.115 e. The highest BCUT2D eigenvalue weighted by Gasteiger charge is 2.05. The van der Waals surface area contributed by atoms with E-state index in [1.807, 2.05) is 12.1 Å². The van der Waals surface area contributed by atoms with E-state index in [9.17, 15) is 5.11 Å². The second kappa shape index (κ2) is 5.17. The summed E-state index contributed by atoms with van der Waals surface area (Å²) in [5.74, 6) is 0.363. The van der Waals surface area contributed by atoms with Gasteiger partial charge in [-0.15, -0.1) is 0 Å². The second-order valence-electron chi connectivity index (χ2n) is 4.98. The van der Waals surface area contributed by atoms with E-state index >= 15 is 0 Å². The number of benzene rings is 1. The molecule has 0 aliphatic carbocycles. The van der Waals surface area contributed by atoms with E-state index in [4.69, 9.17) is 0 Å². The molecule has 0 bridgehead atoms. The second-order valence-corrected chi connectivity index (χ2v) is 10.0. The van der Waals surface area contributed by atoms with Crippen LogP contribution in [0.4, 0.5) is 0 Å². The summed E-state index contributed by atoms with van der Waals surface area (Å²) in [5, 5.41) is 9.29. The van der Waals surface area contributed by atoms with Crippen molar-refractivity contribution in [3.63, 3.8) is 0 Å². The average Bonchev–Trinajstić information content (AvgIpc) is 2.11. The first-order valence-corrected chi connectivity index (χ1v) is 9.01. The minimum absolute atomic E-state index is 0.363. The van der Waals surface area contributed by atoms with Gasteiger partial charge in [-0.1, -0.05) is 43.5 Å². The average molecular weight is 220 g/mol. The third kappa shape index (κ3) is 5.43. The van der Waals surface area contributed by atoms with Gasteiger partial charge in [0, 0.05) is 0 Å². The summed E-state index contributed by atoms with van der Waals surface area (Å²) < 4.78 is 0. The lowest BCUT2D eigenvalue weighted by atomic mass is 10.1. The summed E-state index contributed by atoms with van der Waals surface area (Å²) >= 11 is 0. The molecule has 0 aliphatic heterocycles. The molecule has 15 heavy (non-hydrogen) atoms. The Morgan fingerprint density at radius 3 is 2.60 bits per heavy atom. The maximum Gasteiger partial charge on any atom is 0.115 e. The minimum atomic E-state index is -1.04. The number of phenols is 1. The summed E-state index contributed by atoms with van der Waals surface area (Å²) in [6.07, 6.45) is 4.35. The van der Waals surface area contributed by atoms with Gasteiger partial charge in [-0.3, -0.25) is 0 Å². The molecular weight excluding hydrogens is 200 g/mol. The lowest BCUT2D eigenvalue weighted by molar-refractivity contribution is 0.474. The van der Waals surface area contributed by atoms with E-state index in [-0.39, 0.29) is 0 Å². The Bertz CT molecular complexity index is 337. The highest BCUT2D eigenvalue weighted by atomic mass is 28.3. The molecule has 0 unspecified atom stereocenters. The monoisotopic (exact) mass is 220 g/mol. The van der Waals surface area contributed by atoms with Gasteiger partial charge in [0.2, 0.25) is 0 Å². The summed E-state index contributed by atoms with van der Waals surface area (Å²) in [5.41, 5.74) is 3.57. The maximum atomic E-state index is 9.29. The Morgan fingerprint density at radius 1 is 1.27 bits per heavy atom. The van der Waals surface area contributed by atoms with Crippen molar-refractivity contribution in [2.45, 2.75) is 32.5 Å². The molecule has 1 N–H and O–H groups in total. The summed E-state index contributed by atoms with van der Waals surface area (Å²) in [7, 11) is -1.04. The van der Waals surface area contributed by atoms with Crippen molar-refractivity contribution in [2.75, 3.05) is 0 Å². The number of phenolic OH excluding ortho intramolecular Hbond substituents is 1. The largest absolute Gasteiger partial charge is 0.508 e. The van der Waals surface area contributed by atoms with Crippen molar-refractivity contribution < 1.29 is 5.11 Å². The molecule has 2 heteroatoms. The zero-order valence-corrected chi connectivity index (χ0v) is 10.8. The van der Waals surface area contributed by atoms with Crippen LogP contribution in [-0.2, 0) is 6.42 Å². The molecule has 0 aliphatic rings. The molecule has 0 radical (unpaired) electrons. The van der Waals surface area contributed by atoms with Gasteiger partial charge in [-0.05, 0) is 30.5 Å². The fourth-order valence-corrected chi connectivity index (χ4v) is 2.27. The predicted molar refractivity (Wildman–Crippen MR) is 68.9 cm³/mol. The van der Waals surface area contributed by atoms with Gasteiger partial charge in [-0.25, -0.2) is 0 Å². The molecule has 0 fully saturated rings. The van der Waals surface area contributed by atoms with Crippen molar-refractivity contribution in [3.05, 3.63) is 41.6 Å². The number of rotatable bonds is 4. The Kier molecular flexibility index (Phi) is 4.15. The van der Waals surface area contributed by atoms with Crippen LogP contribution in [-0.4, -0.2) is 13.2 Å². The van der Waals surface area contributed by atoms with Crippen LogP contribution in [0.15, 0.2) is 36.0 Å². The standard InChI is InChI=1S/C13H20OSi/c1-15(2,3)10-5-4-7-12-8-6-9-13(14)11-12/h5-6,8-11,14H,4,7H2,1-3H3/b10-5+. The van der Waals surface area contributed by atoms with Crippen molar-refractivity contribution >= 4 is 8.07 Å². The van der Waals surface area contributed by atoms with Crippen LogP contribution >= 0.6 is 0 Å². The van der Waals surface area contributed by atoms with Crippen LogP contribution < -0.4 is 0 Å². The maximum absolute atomic E-state index is 9.29. The lowest BCUT2D eigenvalue weighted by Crippen LogP contribution is -2.15. The van der Waals surface area contributed by atoms with Crippen molar-refractivity contribution in [3.8, 4) is 5.75 Å². The third-order valence-corrected chi connectivity index (χ3v) is 3.36. The first-order chi connectivity index (χ1) is 6.97. The highest BCUT2D eigenvalue weighted by molar-refractivity contribution is 6.80. The number of allylic oxidation sites excluding steroid dienone is 1. The van der Waals surface area contributed by atoms with E-state index < -0.39 is 8.07 Å². The fraction of sp³-hybridized carbons (Fsp3) is 0.385. The van der Waals surface area contributed by atoms with Gasteiger partial charge in [0.1, 0.15) is 5.75 Å². The highest BCUT2D eigenvalue weighted by Crippen LogP contribution is 2.13. The first kappa shape index (κ1) is 12.0. The number of hydrogen-bond acceptors (Lipinski definition) is 1. The number of aryl methyl sites for hydroxylation is 1. The zero-order chi connectivity index (χ0) is 11.3. The molecule has 0 saturated heterocycles. The van der Waals surface area contributed by atoms with Gasteiger partial charge >= 0.3 is 0 Å². The molecule has 1 aromatic carbocycles. The molecule has 1 aromatic rings. The molecule has 0 spiro atoms. The molecule has 0 saturated carbocycles. The number of aromatic hydroxyl groups is 1. The SMILES string of the molecule is C[Si](C)(C)/C=C/CCc1cccc(O)c1. The topological polar surface area (TPSA) is 20.2 Å². The lowest BCUT2D eigenvalue weighted by Gasteiger charge is -2.07. The van der Waals surface area contributed by atoms with Crippen molar-refractivity contribution in [1.82, 2.24) is 0 Å². The molecule has 0 aromatic heterocycles. The number of hydrogen-bond donors (Lipinski definition) is 1. The zero-order valence-electron chi connectivity index (χ0n) is 9.83. The molecule has 1 nitrogen and oxygen atoms in total. The van der Waals surface area contributed by atoms with Crippen LogP contribution in [0.3, 0.4) is 0 Å². The predicted octanol–water partition coefficient (Wildman–Crippen LogP) is 3.76. The van der Waals surface area contributed by atoms with Crippen LogP contribution in [0.5, 0.6) is 5.75 Å². The molecule has 0 atom stereocenters. The summed E-state index contributed by atoms with van der Waals surface area (Å²) in [4.78, 5) is 0. The fourth-order valence-electron chi connectivity index (χ4n) is 1.40. The van der Waals surface area contributed by atoms with Gasteiger partial charge in [0.25, 0.3) is 0 Å². The van der Waals surface area contributed by atoms with Crippen LogP contribution in [0.2, 0.25) is 19.6 Å². The van der Waals surface area contributed by atoms with Gasteiger partial charge < -0.3 is 5.11 Å². The molecule has 82 valence electrons. The third-order valence-electron chi connectivity index (χ3n) is 2.13. The summed E-state index contributed by atoms with van der Waals surface area (Å²) in [6.45, 7) is 6.99. The van der Waals surface area contributed by atoms with E-state index in [1.54, 1.807) is 6.07 Å². The quantitative estimate of drug-likeness (QED) is 0.766. The van der Waals surface area contributed by atoms with Crippen molar-refractivity contribution in [2.24, 2.45) is 0 Å². The van der Waals surface area contributed by atoms with E-state index in [1.165, 1.54) is 5.56 Å². The van der Waals surface area contributed by atoms with Crippen LogP contribution in [0.25, 0.3) is 0 Å². The molecule has 0 heterocycles. The minimum Gasteiger partial charge on any atom is -0.508 e. The van der Waals surface area contributed by atoms with Gasteiger partial charge in [0.15, 0.2) is 0 Å². The Balaban J connectivity index is 2.42. The van der Waals surface area contributed by atoms with Crippen LogP contribution in [0.1, 0.15) is 12.0 Å². The Morgan fingerprint density at radius 2 is 2.00 bits per heavy atom. The Hall–Kier alpha value is -1.02. The normalized spacial score (nSPS) is 12.2. The van der Waals surface area contributed by atoms with Crippen molar-refractivity contribution in [1.29, 1.82) is 0 Å². The van der Waals surface area contributed by atoms with Gasteiger partial charge in [-0.2, -0.15) is 0 Å². The van der Waals surface area contributed by atoms with E-state index in [0.717, 1.165) is 12.8 Å².